The van der Waals surface area contributed by atoms with Crippen molar-refractivity contribution in [3.63, 3.8) is 0 Å². The second-order valence-corrected chi connectivity index (χ2v) is 6.74. The average molecular weight is 327 g/mol. The van der Waals surface area contributed by atoms with Gasteiger partial charge in [0.15, 0.2) is 5.78 Å². The van der Waals surface area contributed by atoms with Crippen molar-refractivity contribution in [3.8, 4) is 0 Å². The maximum Gasteiger partial charge on any atom is 0.154 e. The molecule has 2 nitrogen and oxygen atoms in total. The molecule has 0 aromatic heterocycles. The Kier molecular flexibility index (Phi) is 3.93. The van der Waals surface area contributed by atoms with E-state index < -0.39 is 0 Å². The van der Waals surface area contributed by atoms with Gasteiger partial charge in [-0.15, -0.1) is 0 Å². The molecule has 0 spiro atoms. The highest BCUT2D eigenvalue weighted by molar-refractivity contribution is 5.89. The number of hydrogen-bond donors (Lipinski definition) is 0. The van der Waals surface area contributed by atoms with Crippen molar-refractivity contribution >= 4 is 5.78 Å². The largest absolute Gasteiger partial charge is 0.298 e. The summed E-state index contributed by atoms with van der Waals surface area (Å²) in [5, 5.41) is 0. The van der Waals surface area contributed by atoms with Gasteiger partial charge in [0, 0.05) is 11.8 Å². The van der Waals surface area contributed by atoms with Crippen LogP contribution in [0.15, 0.2) is 48.5 Å². The van der Waals surface area contributed by atoms with Gasteiger partial charge in [-0.25, -0.2) is 8.78 Å². The standard InChI is InChI=1S/C20H19F2NO/c21-16-5-1-13(2-6-16)18(14-3-7-17(22)8-4-14)19-20(24)15-9-11-23(19)12-10-15/h1-8,15,18-19H,9-12H2. The van der Waals surface area contributed by atoms with E-state index in [4.69, 9.17) is 0 Å². The Labute approximate surface area is 140 Å². The van der Waals surface area contributed by atoms with E-state index in [0.29, 0.717) is 0 Å². The number of benzene rings is 2. The molecule has 0 aliphatic carbocycles. The lowest BCUT2D eigenvalue weighted by Crippen LogP contribution is -2.57. The van der Waals surface area contributed by atoms with Gasteiger partial charge >= 0.3 is 0 Å². The van der Waals surface area contributed by atoms with Crippen LogP contribution >= 0.6 is 0 Å². The van der Waals surface area contributed by atoms with Gasteiger partial charge in [0.1, 0.15) is 11.6 Å². The number of carbonyl (C=O) groups excluding carboxylic acids is 1. The SMILES string of the molecule is O=C1C2CCN(CC2)C1C(c1ccc(F)cc1)c1ccc(F)cc1. The fraction of sp³-hybridized carbons (Fsp3) is 0.350. The summed E-state index contributed by atoms with van der Waals surface area (Å²) in [4.78, 5) is 15.2. The summed E-state index contributed by atoms with van der Waals surface area (Å²) in [6.07, 6.45) is 1.85. The summed E-state index contributed by atoms with van der Waals surface area (Å²) in [5.74, 6) is -0.391. The van der Waals surface area contributed by atoms with Crippen LogP contribution < -0.4 is 0 Å². The summed E-state index contributed by atoms with van der Waals surface area (Å²) in [6.45, 7) is 1.83. The average Bonchev–Trinajstić information content (AvgIpc) is 2.61. The zero-order valence-electron chi connectivity index (χ0n) is 13.3. The molecule has 0 N–H and O–H groups in total. The molecule has 3 saturated heterocycles. The van der Waals surface area contributed by atoms with E-state index in [1.165, 1.54) is 24.3 Å². The van der Waals surface area contributed by atoms with Crippen molar-refractivity contribution in [2.75, 3.05) is 13.1 Å². The minimum atomic E-state index is -0.298. The zero-order valence-corrected chi connectivity index (χ0v) is 13.3. The van der Waals surface area contributed by atoms with Crippen LogP contribution in [0.3, 0.4) is 0 Å². The number of ketones is 1. The van der Waals surface area contributed by atoms with E-state index in [2.05, 4.69) is 4.90 Å². The van der Waals surface area contributed by atoms with Crippen molar-refractivity contribution in [3.05, 3.63) is 71.3 Å². The van der Waals surface area contributed by atoms with Crippen molar-refractivity contribution in [1.82, 2.24) is 4.90 Å². The van der Waals surface area contributed by atoms with Gasteiger partial charge in [-0.3, -0.25) is 9.69 Å². The zero-order chi connectivity index (χ0) is 16.7. The molecule has 3 aliphatic rings. The minimum Gasteiger partial charge on any atom is -0.298 e. The van der Waals surface area contributed by atoms with Crippen LogP contribution in [0, 0.1) is 17.6 Å². The predicted octanol–water partition coefficient (Wildman–Crippen LogP) is 3.76. The van der Waals surface area contributed by atoms with Crippen molar-refractivity contribution < 1.29 is 13.6 Å². The highest BCUT2D eigenvalue weighted by atomic mass is 19.1. The number of Topliss-reactive ketones (excluding diaryl/α,β-unsaturated/α-hetero) is 1. The third-order valence-electron chi connectivity index (χ3n) is 5.39. The smallest absolute Gasteiger partial charge is 0.154 e. The minimum absolute atomic E-state index is 0.128. The number of hydrogen-bond acceptors (Lipinski definition) is 2. The Morgan fingerprint density at radius 2 is 1.29 bits per heavy atom. The molecule has 2 bridgehead atoms. The molecule has 3 aliphatic heterocycles. The van der Waals surface area contributed by atoms with E-state index in [1.807, 2.05) is 0 Å². The molecule has 2 aromatic rings. The van der Waals surface area contributed by atoms with E-state index in [9.17, 15) is 13.6 Å². The van der Waals surface area contributed by atoms with Crippen molar-refractivity contribution in [2.24, 2.45) is 5.92 Å². The maximum absolute atomic E-state index is 13.3. The van der Waals surface area contributed by atoms with Crippen molar-refractivity contribution in [2.45, 2.75) is 24.8 Å². The Hall–Kier alpha value is -2.07. The van der Waals surface area contributed by atoms with Gasteiger partial charge in [-0.05, 0) is 61.3 Å². The topological polar surface area (TPSA) is 20.3 Å². The molecular formula is C20H19F2NO. The fourth-order valence-corrected chi connectivity index (χ4v) is 4.16. The first kappa shape index (κ1) is 15.5. The second kappa shape index (κ2) is 6.10. The lowest BCUT2D eigenvalue weighted by atomic mass is 9.73. The first-order chi connectivity index (χ1) is 11.6. The molecule has 4 heteroatoms. The predicted molar refractivity (Wildman–Crippen MR) is 87.7 cm³/mol. The highest BCUT2D eigenvalue weighted by Crippen LogP contribution is 2.39. The summed E-state index contributed by atoms with van der Waals surface area (Å²) in [7, 11) is 0. The fourth-order valence-electron chi connectivity index (χ4n) is 4.16. The second-order valence-electron chi connectivity index (χ2n) is 6.74. The van der Waals surface area contributed by atoms with Crippen molar-refractivity contribution in [1.29, 1.82) is 0 Å². The van der Waals surface area contributed by atoms with Crippen LogP contribution in [-0.4, -0.2) is 29.8 Å². The van der Waals surface area contributed by atoms with Gasteiger partial charge < -0.3 is 0 Å². The molecule has 0 amide bonds. The molecule has 3 heterocycles. The molecule has 2 aromatic carbocycles. The summed E-state index contributed by atoms with van der Waals surface area (Å²) in [5.41, 5.74) is 1.79. The quantitative estimate of drug-likeness (QED) is 0.855. The number of halogens is 2. The molecule has 3 fully saturated rings. The lowest BCUT2D eigenvalue weighted by Gasteiger charge is -2.47. The molecule has 5 rings (SSSR count). The van der Waals surface area contributed by atoms with Gasteiger partial charge in [-0.1, -0.05) is 24.3 Å². The molecule has 0 radical (unpaired) electrons. The van der Waals surface area contributed by atoms with Gasteiger partial charge in [0.2, 0.25) is 0 Å². The van der Waals surface area contributed by atoms with Crippen LogP contribution in [0.4, 0.5) is 8.78 Å². The monoisotopic (exact) mass is 327 g/mol. The molecule has 0 saturated carbocycles. The van der Waals surface area contributed by atoms with Crippen LogP contribution in [0.5, 0.6) is 0 Å². The van der Waals surface area contributed by atoms with Gasteiger partial charge in [0.05, 0.1) is 6.04 Å². The normalized spacial score (nSPS) is 26.1. The molecular weight excluding hydrogens is 308 g/mol. The summed E-state index contributed by atoms with van der Waals surface area (Å²) in [6, 6.07) is 12.4. The van der Waals surface area contributed by atoms with E-state index in [0.717, 1.165) is 37.1 Å². The van der Waals surface area contributed by atoms with Crippen LogP contribution in [0.2, 0.25) is 0 Å². The van der Waals surface area contributed by atoms with Crippen LogP contribution in [0.1, 0.15) is 29.9 Å². The Morgan fingerprint density at radius 3 is 1.71 bits per heavy atom. The Morgan fingerprint density at radius 1 is 0.833 bits per heavy atom. The number of carbonyl (C=O) groups is 1. The highest BCUT2D eigenvalue weighted by Gasteiger charge is 2.45. The molecule has 124 valence electrons. The van der Waals surface area contributed by atoms with Crippen LogP contribution in [-0.2, 0) is 4.79 Å². The maximum atomic E-state index is 13.3. The van der Waals surface area contributed by atoms with Gasteiger partial charge in [-0.2, -0.15) is 0 Å². The lowest BCUT2D eigenvalue weighted by molar-refractivity contribution is -0.137. The first-order valence-corrected chi connectivity index (χ1v) is 8.42. The number of fused-ring (bicyclic) bond motifs is 3. The number of nitrogens with zero attached hydrogens (tertiary/aromatic N) is 1. The molecule has 24 heavy (non-hydrogen) atoms. The third kappa shape index (κ3) is 2.65. The third-order valence-corrected chi connectivity index (χ3v) is 5.39. The van der Waals surface area contributed by atoms with E-state index >= 15 is 0 Å². The molecule has 1 unspecified atom stereocenters. The summed E-state index contributed by atoms with van der Waals surface area (Å²) >= 11 is 0. The Bertz CT molecular complexity index is 688. The number of piperidine rings is 3. The molecule has 1 atom stereocenters. The number of rotatable bonds is 3. The van der Waals surface area contributed by atoms with Crippen LogP contribution in [0.25, 0.3) is 0 Å². The first-order valence-electron chi connectivity index (χ1n) is 8.42. The van der Waals surface area contributed by atoms with E-state index in [1.54, 1.807) is 24.3 Å². The van der Waals surface area contributed by atoms with E-state index in [-0.39, 0.29) is 35.3 Å². The Balaban J connectivity index is 1.79. The van der Waals surface area contributed by atoms with Gasteiger partial charge in [0.25, 0.3) is 0 Å². The summed E-state index contributed by atoms with van der Waals surface area (Å²) < 4.78 is 26.7.